The maximum absolute atomic E-state index is 12.3. The van der Waals surface area contributed by atoms with Crippen LogP contribution >= 0.6 is 11.3 Å². The maximum Gasteiger partial charge on any atom is 0.305 e. The van der Waals surface area contributed by atoms with E-state index in [4.69, 9.17) is 4.52 Å². The molecule has 0 saturated carbocycles. The third-order valence-electron chi connectivity index (χ3n) is 2.49. The van der Waals surface area contributed by atoms with Crippen molar-refractivity contribution in [3.63, 3.8) is 0 Å². The number of aryl methyl sites for hydroxylation is 2. The molecular weight excluding hydrogens is 290 g/mol. The number of hydrogen-bond donors (Lipinski definition) is 1. The molecule has 7 nitrogen and oxygen atoms in total. The molecule has 2 aromatic rings. The maximum atomic E-state index is 12.3. The molecule has 0 fully saturated rings. The molecule has 0 aliphatic heterocycles. The standard InChI is InChI=1S/C10H13N3O4S2/c1-6-4-8(12-17-6)5-13(3)19(15,16)9-7(2)11-10(14)18-9/h4H,5H2,1-3H3,(H,11,14). The van der Waals surface area contributed by atoms with Crippen LogP contribution in [-0.2, 0) is 16.6 Å². The summed E-state index contributed by atoms with van der Waals surface area (Å²) in [7, 11) is -2.27. The van der Waals surface area contributed by atoms with Crippen molar-refractivity contribution < 1.29 is 12.9 Å². The highest BCUT2D eigenvalue weighted by atomic mass is 32.2. The van der Waals surface area contributed by atoms with Crippen molar-refractivity contribution in [2.75, 3.05) is 7.05 Å². The lowest BCUT2D eigenvalue weighted by Crippen LogP contribution is -2.26. The van der Waals surface area contributed by atoms with E-state index < -0.39 is 10.0 Å². The minimum absolute atomic E-state index is 0.0280. The molecule has 2 heterocycles. The van der Waals surface area contributed by atoms with Gasteiger partial charge in [0, 0.05) is 18.8 Å². The van der Waals surface area contributed by atoms with Crippen LogP contribution in [0.4, 0.5) is 0 Å². The molecule has 0 atom stereocenters. The van der Waals surface area contributed by atoms with Crippen LogP contribution in [-0.4, -0.2) is 29.9 Å². The van der Waals surface area contributed by atoms with Gasteiger partial charge >= 0.3 is 4.87 Å². The highest BCUT2D eigenvalue weighted by Gasteiger charge is 2.26. The Bertz CT molecular complexity index is 741. The Kier molecular flexibility index (Phi) is 3.61. The van der Waals surface area contributed by atoms with E-state index in [9.17, 15) is 13.2 Å². The molecular formula is C10H13N3O4S2. The molecule has 9 heteroatoms. The molecule has 104 valence electrons. The summed E-state index contributed by atoms with van der Waals surface area (Å²) in [5.74, 6) is 0.614. The molecule has 0 radical (unpaired) electrons. The van der Waals surface area contributed by atoms with Gasteiger partial charge in [0.2, 0.25) is 0 Å². The molecule has 0 aliphatic carbocycles. The van der Waals surface area contributed by atoms with Crippen LogP contribution in [0.15, 0.2) is 19.6 Å². The zero-order valence-electron chi connectivity index (χ0n) is 10.6. The summed E-state index contributed by atoms with van der Waals surface area (Å²) in [4.78, 5) is 13.3. The van der Waals surface area contributed by atoms with Crippen molar-refractivity contribution in [3.8, 4) is 0 Å². The lowest BCUT2D eigenvalue weighted by molar-refractivity contribution is 0.378. The molecule has 0 amide bonds. The average molecular weight is 303 g/mol. The minimum atomic E-state index is -3.70. The van der Waals surface area contributed by atoms with Gasteiger partial charge < -0.3 is 9.51 Å². The van der Waals surface area contributed by atoms with E-state index in [1.165, 1.54) is 7.05 Å². The zero-order chi connectivity index (χ0) is 14.2. The first-order valence-electron chi connectivity index (χ1n) is 5.39. The van der Waals surface area contributed by atoms with E-state index in [1.807, 2.05) is 0 Å². The zero-order valence-corrected chi connectivity index (χ0v) is 12.3. The van der Waals surface area contributed by atoms with Gasteiger partial charge in [-0.3, -0.25) is 4.79 Å². The summed E-state index contributed by atoms with van der Waals surface area (Å²) in [6.45, 7) is 3.37. The van der Waals surface area contributed by atoms with Crippen LogP contribution in [0.25, 0.3) is 0 Å². The van der Waals surface area contributed by atoms with Crippen LogP contribution in [0.2, 0.25) is 0 Å². The number of rotatable bonds is 4. The molecule has 0 aliphatic rings. The van der Waals surface area contributed by atoms with Gasteiger partial charge in [-0.25, -0.2) is 8.42 Å². The van der Waals surface area contributed by atoms with Gasteiger partial charge in [0.25, 0.3) is 10.0 Å². The number of nitrogens with one attached hydrogen (secondary N) is 1. The van der Waals surface area contributed by atoms with E-state index in [2.05, 4.69) is 10.1 Å². The number of sulfonamides is 1. The number of H-pyrrole nitrogens is 1. The SMILES string of the molecule is Cc1cc(CN(C)S(=O)(=O)c2sc(=O)[nH]c2C)no1. The number of thiazole rings is 1. The lowest BCUT2D eigenvalue weighted by atomic mass is 10.4. The predicted octanol–water partition coefficient (Wildman–Crippen LogP) is 0.862. The van der Waals surface area contributed by atoms with E-state index in [0.717, 1.165) is 4.31 Å². The fraction of sp³-hybridized carbons (Fsp3) is 0.400. The van der Waals surface area contributed by atoms with Crippen molar-refractivity contribution >= 4 is 21.4 Å². The van der Waals surface area contributed by atoms with Gasteiger partial charge in [-0.15, -0.1) is 0 Å². The molecule has 1 N–H and O–H groups in total. The quantitative estimate of drug-likeness (QED) is 0.903. The molecule has 0 spiro atoms. The van der Waals surface area contributed by atoms with Crippen LogP contribution in [0, 0.1) is 13.8 Å². The molecule has 2 aromatic heterocycles. The molecule has 0 unspecified atom stereocenters. The Labute approximate surface area is 113 Å². The summed E-state index contributed by atoms with van der Waals surface area (Å²) in [6.07, 6.45) is 0. The Morgan fingerprint density at radius 1 is 1.47 bits per heavy atom. The second-order valence-electron chi connectivity index (χ2n) is 4.12. The average Bonchev–Trinajstić information content (AvgIpc) is 2.85. The first-order chi connectivity index (χ1) is 8.80. The molecule has 0 bridgehead atoms. The normalized spacial score (nSPS) is 12.2. The van der Waals surface area contributed by atoms with Gasteiger partial charge in [-0.1, -0.05) is 16.5 Å². The third-order valence-corrected chi connectivity index (χ3v) is 5.87. The lowest BCUT2D eigenvalue weighted by Gasteiger charge is -2.14. The summed E-state index contributed by atoms with van der Waals surface area (Å²) in [6, 6.07) is 1.67. The number of aromatic nitrogens is 2. The van der Waals surface area contributed by atoms with E-state index in [0.29, 0.717) is 28.5 Å². The van der Waals surface area contributed by atoms with Crippen LogP contribution in [0.3, 0.4) is 0 Å². The van der Waals surface area contributed by atoms with Crippen LogP contribution < -0.4 is 4.87 Å². The number of hydrogen-bond acceptors (Lipinski definition) is 6. The highest BCUT2D eigenvalue weighted by Crippen LogP contribution is 2.21. The Morgan fingerprint density at radius 3 is 2.63 bits per heavy atom. The topological polar surface area (TPSA) is 96.3 Å². The summed E-state index contributed by atoms with van der Waals surface area (Å²) in [5.41, 5.74) is 0.863. The monoisotopic (exact) mass is 303 g/mol. The summed E-state index contributed by atoms with van der Waals surface area (Å²) < 4.78 is 30.6. The molecule has 0 aromatic carbocycles. The first-order valence-corrected chi connectivity index (χ1v) is 7.64. The number of aromatic amines is 1. The van der Waals surface area contributed by atoms with E-state index in [1.54, 1.807) is 19.9 Å². The fourth-order valence-corrected chi connectivity index (χ4v) is 4.21. The number of nitrogens with zero attached hydrogens (tertiary/aromatic N) is 2. The Hall–Kier alpha value is -1.45. The molecule has 0 saturated heterocycles. The first kappa shape index (κ1) is 14.0. The van der Waals surface area contributed by atoms with Gasteiger partial charge in [0.15, 0.2) is 4.21 Å². The van der Waals surface area contributed by atoms with Gasteiger partial charge in [-0.2, -0.15) is 4.31 Å². The third kappa shape index (κ3) is 2.77. The Morgan fingerprint density at radius 2 is 2.16 bits per heavy atom. The predicted molar refractivity (Wildman–Crippen MR) is 69.6 cm³/mol. The minimum Gasteiger partial charge on any atom is -0.361 e. The van der Waals surface area contributed by atoms with Crippen molar-refractivity contribution in [2.45, 2.75) is 24.6 Å². The largest absolute Gasteiger partial charge is 0.361 e. The fourth-order valence-electron chi connectivity index (χ4n) is 1.58. The van der Waals surface area contributed by atoms with E-state index >= 15 is 0 Å². The van der Waals surface area contributed by atoms with Crippen LogP contribution in [0.5, 0.6) is 0 Å². The molecule has 19 heavy (non-hydrogen) atoms. The second kappa shape index (κ2) is 4.91. The Balaban J connectivity index is 2.29. The van der Waals surface area contributed by atoms with Crippen molar-refractivity contribution in [2.24, 2.45) is 0 Å². The van der Waals surface area contributed by atoms with Gasteiger partial charge in [-0.05, 0) is 13.8 Å². The summed E-state index contributed by atoms with van der Waals surface area (Å²) >= 11 is 0.681. The van der Waals surface area contributed by atoms with Crippen molar-refractivity contribution in [1.29, 1.82) is 0 Å². The second-order valence-corrected chi connectivity index (χ2v) is 7.34. The molecule has 2 rings (SSSR count). The smallest absolute Gasteiger partial charge is 0.305 e. The van der Waals surface area contributed by atoms with Crippen molar-refractivity contribution in [1.82, 2.24) is 14.4 Å². The van der Waals surface area contributed by atoms with Gasteiger partial charge in [0.1, 0.15) is 5.76 Å². The van der Waals surface area contributed by atoms with Crippen molar-refractivity contribution in [3.05, 3.63) is 32.9 Å². The van der Waals surface area contributed by atoms with Gasteiger partial charge in [0.05, 0.1) is 12.2 Å². The summed E-state index contributed by atoms with van der Waals surface area (Å²) in [5, 5.41) is 3.74. The van der Waals surface area contributed by atoms with Crippen LogP contribution in [0.1, 0.15) is 17.1 Å². The van der Waals surface area contributed by atoms with E-state index in [-0.39, 0.29) is 15.6 Å². The highest BCUT2D eigenvalue weighted by molar-refractivity contribution is 7.91.